The lowest BCUT2D eigenvalue weighted by Gasteiger charge is -2.05. The molecule has 0 spiro atoms. The number of aromatic nitrogens is 2. The summed E-state index contributed by atoms with van der Waals surface area (Å²) < 4.78 is 2.68. The Morgan fingerprint density at radius 1 is 1.47 bits per heavy atom. The molecule has 0 aliphatic heterocycles. The van der Waals surface area contributed by atoms with Gasteiger partial charge in [-0.1, -0.05) is 39.7 Å². The van der Waals surface area contributed by atoms with Crippen molar-refractivity contribution in [1.82, 2.24) is 9.78 Å². The molecule has 0 unspecified atom stereocenters. The van der Waals surface area contributed by atoms with Crippen LogP contribution in [-0.4, -0.2) is 15.6 Å². The van der Waals surface area contributed by atoms with Gasteiger partial charge in [-0.15, -0.1) is 0 Å². The predicted molar refractivity (Wildman–Crippen MR) is 79.8 cm³/mol. The summed E-state index contributed by atoms with van der Waals surface area (Å²) in [4.78, 5) is 12.3. The van der Waals surface area contributed by atoms with E-state index in [1.54, 1.807) is 10.7 Å². The van der Waals surface area contributed by atoms with Gasteiger partial charge in [0.05, 0.1) is 22.8 Å². The lowest BCUT2D eigenvalue weighted by Crippen LogP contribution is -2.10. The van der Waals surface area contributed by atoms with Crippen LogP contribution >= 0.6 is 27.5 Å². The highest BCUT2D eigenvalue weighted by Gasteiger charge is 2.17. The summed E-state index contributed by atoms with van der Waals surface area (Å²) in [5.41, 5.74) is 2.22. The SMILES string of the molecule is CCn1nc(C)c(Cl)c1CC(=O)c1cccc(Br)c1. The van der Waals surface area contributed by atoms with E-state index < -0.39 is 0 Å². The molecule has 2 aromatic rings. The van der Waals surface area contributed by atoms with Crippen molar-refractivity contribution >= 4 is 33.3 Å². The van der Waals surface area contributed by atoms with E-state index in [0.717, 1.165) is 15.9 Å². The van der Waals surface area contributed by atoms with Crippen LogP contribution in [0, 0.1) is 6.92 Å². The molecule has 0 saturated carbocycles. The molecule has 3 nitrogen and oxygen atoms in total. The van der Waals surface area contributed by atoms with Crippen LogP contribution in [-0.2, 0) is 13.0 Å². The van der Waals surface area contributed by atoms with E-state index in [0.29, 0.717) is 17.1 Å². The highest BCUT2D eigenvalue weighted by molar-refractivity contribution is 9.10. The number of halogens is 2. The fraction of sp³-hybridized carbons (Fsp3) is 0.286. The van der Waals surface area contributed by atoms with Gasteiger partial charge >= 0.3 is 0 Å². The molecule has 0 saturated heterocycles. The lowest BCUT2D eigenvalue weighted by atomic mass is 10.1. The number of carbonyl (C=O) groups is 1. The van der Waals surface area contributed by atoms with Crippen molar-refractivity contribution in [2.75, 3.05) is 0 Å². The first-order valence-corrected chi connectivity index (χ1v) is 7.20. The Kier molecular flexibility index (Phi) is 4.42. The van der Waals surface area contributed by atoms with E-state index in [-0.39, 0.29) is 12.2 Å². The smallest absolute Gasteiger partial charge is 0.168 e. The van der Waals surface area contributed by atoms with E-state index in [1.807, 2.05) is 32.0 Å². The van der Waals surface area contributed by atoms with Crippen LogP contribution in [0.4, 0.5) is 0 Å². The Morgan fingerprint density at radius 3 is 2.84 bits per heavy atom. The standard InChI is InChI=1S/C14H14BrClN2O/c1-3-18-12(14(16)9(2)17-18)8-13(19)10-5-4-6-11(15)7-10/h4-7H,3,8H2,1-2H3. The van der Waals surface area contributed by atoms with Gasteiger partial charge in [-0.3, -0.25) is 9.48 Å². The average Bonchev–Trinajstić information content (AvgIpc) is 2.66. The molecule has 0 bridgehead atoms. The summed E-state index contributed by atoms with van der Waals surface area (Å²) in [6.07, 6.45) is 0.268. The number of benzene rings is 1. The van der Waals surface area contributed by atoms with Gasteiger partial charge in [0.2, 0.25) is 0 Å². The second kappa shape index (κ2) is 5.88. The molecule has 0 radical (unpaired) electrons. The molecule has 19 heavy (non-hydrogen) atoms. The zero-order valence-electron chi connectivity index (χ0n) is 10.8. The summed E-state index contributed by atoms with van der Waals surface area (Å²) in [5.74, 6) is 0.0396. The Bertz CT molecular complexity index is 622. The number of rotatable bonds is 4. The maximum absolute atomic E-state index is 12.3. The molecule has 5 heteroatoms. The number of Topliss-reactive ketones (excluding diaryl/α,β-unsaturated/α-hetero) is 1. The summed E-state index contributed by atoms with van der Waals surface area (Å²) in [7, 11) is 0. The number of carbonyl (C=O) groups excluding carboxylic acids is 1. The Hall–Kier alpha value is -1.13. The van der Waals surface area contributed by atoms with Crippen LogP contribution < -0.4 is 0 Å². The van der Waals surface area contributed by atoms with Crippen LogP contribution in [0.5, 0.6) is 0 Å². The number of hydrogen-bond donors (Lipinski definition) is 0. The maximum atomic E-state index is 12.3. The zero-order chi connectivity index (χ0) is 14.0. The minimum absolute atomic E-state index is 0.0396. The van der Waals surface area contributed by atoms with E-state index in [9.17, 15) is 4.79 Å². The minimum atomic E-state index is 0.0396. The van der Waals surface area contributed by atoms with Gasteiger partial charge in [0.25, 0.3) is 0 Å². The van der Waals surface area contributed by atoms with Crippen LogP contribution in [0.2, 0.25) is 5.02 Å². The van der Waals surface area contributed by atoms with Gasteiger partial charge < -0.3 is 0 Å². The lowest BCUT2D eigenvalue weighted by molar-refractivity contribution is 0.0990. The van der Waals surface area contributed by atoms with E-state index in [1.165, 1.54) is 0 Å². The van der Waals surface area contributed by atoms with Crippen molar-refractivity contribution in [3.8, 4) is 0 Å². The molecule has 0 aliphatic rings. The monoisotopic (exact) mass is 340 g/mol. The first kappa shape index (κ1) is 14.3. The average molecular weight is 342 g/mol. The molecule has 1 aromatic carbocycles. The third kappa shape index (κ3) is 3.07. The van der Waals surface area contributed by atoms with Crippen LogP contribution in [0.15, 0.2) is 28.7 Å². The molecule has 1 heterocycles. The van der Waals surface area contributed by atoms with Gasteiger partial charge in [-0.05, 0) is 26.0 Å². The van der Waals surface area contributed by atoms with E-state index >= 15 is 0 Å². The van der Waals surface area contributed by atoms with Crippen LogP contribution in [0.3, 0.4) is 0 Å². The molecular weight excluding hydrogens is 328 g/mol. The zero-order valence-corrected chi connectivity index (χ0v) is 13.1. The minimum Gasteiger partial charge on any atom is -0.294 e. The molecule has 100 valence electrons. The maximum Gasteiger partial charge on any atom is 0.168 e. The van der Waals surface area contributed by atoms with Crippen molar-refractivity contribution in [2.45, 2.75) is 26.8 Å². The number of aryl methyl sites for hydroxylation is 2. The van der Waals surface area contributed by atoms with Crippen molar-refractivity contribution in [3.63, 3.8) is 0 Å². The Labute approximate surface area is 125 Å². The summed E-state index contributed by atoms with van der Waals surface area (Å²) in [6, 6.07) is 7.36. The third-order valence-corrected chi connectivity index (χ3v) is 3.91. The molecule has 0 aliphatic carbocycles. The highest BCUT2D eigenvalue weighted by Crippen LogP contribution is 2.22. The second-order valence-corrected chi connectivity index (χ2v) is 5.57. The van der Waals surface area contributed by atoms with Crippen molar-refractivity contribution in [1.29, 1.82) is 0 Å². The van der Waals surface area contributed by atoms with Gasteiger partial charge in [-0.2, -0.15) is 5.10 Å². The molecule has 0 atom stereocenters. The Morgan fingerprint density at radius 2 is 2.21 bits per heavy atom. The largest absolute Gasteiger partial charge is 0.294 e. The summed E-state index contributed by atoms with van der Waals surface area (Å²) in [5, 5.41) is 4.90. The predicted octanol–water partition coefficient (Wildman–Crippen LogP) is 4.05. The normalized spacial score (nSPS) is 10.7. The molecule has 2 rings (SSSR count). The quantitative estimate of drug-likeness (QED) is 0.786. The van der Waals surface area contributed by atoms with Crippen LogP contribution in [0.1, 0.15) is 28.7 Å². The van der Waals surface area contributed by atoms with Gasteiger partial charge in [0.15, 0.2) is 5.78 Å². The van der Waals surface area contributed by atoms with Gasteiger partial charge in [0.1, 0.15) is 0 Å². The molecule has 0 amide bonds. The molecule has 1 aromatic heterocycles. The van der Waals surface area contributed by atoms with Gasteiger partial charge in [-0.25, -0.2) is 0 Å². The summed E-state index contributed by atoms with van der Waals surface area (Å²) in [6.45, 7) is 4.53. The fourth-order valence-corrected chi connectivity index (χ4v) is 2.56. The first-order chi connectivity index (χ1) is 9.02. The van der Waals surface area contributed by atoms with E-state index in [2.05, 4.69) is 21.0 Å². The number of hydrogen-bond acceptors (Lipinski definition) is 2. The topological polar surface area (TPSA) is 34.9 Å². The molecule has 0 fully saturated rings. The first-order valence-electron chi connectivity index (χ1n) is 6.03. The second-order valence-electron chi connectivity index (χ2n) is 4.27. The number of ketones is 1. The van der Waals surface area contributed by atoms with Crippen molar-refractivity contribution < 1.29 is 4.79 Å². The summed E-state index contributed by atoms with van der Waals surface area (Å²) >= 11 is 9.58. The Balaban J connectivity index is 2.29. The van der Waals surface area contributed by atoms with E-state index in [4.69, 9.17) is 11.6 Å². The third-order valence-electron chi connectivity index (χ3n) is 2.93. The fourth-order valence-electron chi connectivity index (χ4n) is 1.95. The van der Waals surface area contributed by atoms with Crippen molar-refractivity contribution in [3.05, 3.63) is 50.7 Å². The molecule has 0 N–H and O–H groups in total. The molecular formula is C14H14BrClN2O. The highest BCUT2D eigenvalue weighted by atomic mass is 79.9. The van der Waals surface area contributed by atoms with Crippen LogP contribution in [0.25, 0.3) is 0 Å². The van der Waals surface area contributed by atoms with Crippen molar-refractivity contribution in [2.24, 2.45) is 0 Å². The number of nitrogens with zero attached hydrogens (tertiary/aromatic N) is 2. The van der Waals surface area contributed by atoms with Gasteiger partial charge in [0, 0.05) is 16.6 Å².